The zero-order chi connectivity index (χ0) is 13.5. The van der Waals surface area contributed by atoms with Crippen molar-refractivity contribution in [2.75, 3.05) is 13.2 Å². The van der Waals surface area contributed by atoms with Crippen LogP contribution in [0.15, 0.2) is 12.4 Å². The van der Waals surface area contributed by atoms with Crippen molar-refractivity contribution >= 4 is 5.97 Å². The molecule has 6 nitrogen and oxygen atoms in total. The van der Waals surface area contributed by atoms with Crippen molar-refractivity contribution in [3.8, 4) is 5.75 Å². The second-order valence-corrected chi connectivity index (χ2v) is 4.17. The van der Waals surface area contributed by atoms with Crippen LogP contribution in [-0.2, 0) is 9.53 Å². The Hall–Kier alpha value is -1.56. The first kappa shape index (κ1) is 14.5. The van der Waals surface area contributed by atoms with Crippen LogP contribution in [0.1, 0.15) is 33.2 Å². The van der Waals surface area contributed by atoms with E-state index in [2.05, 4.69) is 5.10 Å². The molecule has 1 rings (SSSR count). The smallest absolute Gasteiger partial charge is 0.332 e. The van der Waals surface area contributed by atoms with Crippen molar-refractivity contribution in [3.05, 3.63) is 12.4 Å². The average Bonchev–Trinajstić information content (AvgIpc) is 2.76. The third kappa shape index (κ3) is 4.37. The van der Waals surface area contributed by atoms with E-state index in [0.29, 0.717) is 25.4 Å². The van der Waals surface area contributed by atoms with Gasteiger partial charge in [-0.1, -0.05) is 0 Å². The van der Waals surface area contributed by atoms with Crippen LogP contribution >= 0.6 is 0 Å². The number of carboxylic acid groups (broad SMARTS) is 1. The van der Waals surface area contributed by atoms with Gasteiger partial charge in [0, 0.05) is 19.1 Å². The second kappa shape index (κ2) is 7.00. The van der Waals surface area contributed by atoms with Crippen LogP contribution in [0.5, 0.6) is 5.75 Å². The first-order valence-electron chi connectivity index (χ1n) is 6.06. The maximum Gasteiger partial charge on any atom is 0.332 e. The zero-order valence-electron chi connectivity index (χ0n) is 11.0. The molecule has 0 saturated heterocycles. The lowest BCUT2D eigenvalue weighted by Crippen LogP contribution is -2.26. The second-order valence-electron chi connectivity index (χ2n) is 4.17. The molecular formula is C12H20N2O4. The molecule has 102 valence electrons. The SMILES string of the molecule is CCOC(CCOc1cnn(C(C)C)c1)C(=O)O. The molecule has 0 aliphatic heterocycles. The van der Waals surface area contributed by atoms with Gasteiger partial charge in [-0.2, -0.15) is 5.10 Å². The molecule has 1 atom stereocenters. The highest BCUT2D eigenvalue weighted by molar-refractivity contribution is 5.72. The van der Waals surface area contributed by atoms with Crippen LogP contribution in [0.4, 0.5) is 0 Å². The highest BCUT2D eigenvalue weighted by atomic mass is 16.5. The summed E-state index contributed by atoms with van der Waals surface area (Å²) < 4.78 is 12.3. The molecule has 0 amide bonds. The molecule has 0 aliphatic rings. The van der Waals surface area contributed by atoms with Gasteiger partial charge in [-0.3, -0.25) is 4.68 Å². The molecule has 1 aromatic heterocycles. The van der Waals surface area contributed by atoms with E-state index in [9.17, 15) is 4.79 Å². The first-order chi connectivity index (χ1) is 8.54. The summed E-state index contributed by atoms with van der Waals surface area (Å²) in [5.41, 5.74) is 0. The van der Waals surface area contributed by atoms with Crippen LogP contribution < -0.4 is 4.74 Å². The summed E-state index contributed by atoms with van der Waals surface area (Å²) in [6.45, 7) is 6.48. The minimum atomic E-state index is -0.960. The van der Waals surface area contributed by atoms with Gasteiger partial charge in [0.2, 0.25) is 0 Å². The van der Waals surface area contributed by atoms with E-state index in [0.717, 1.165) is 0 Å². The highest BCUT2D eigenvalue weighted by Crippen LogP contribution is 2.13. The molecular weight excluding hydrogens is 236 g/mol. The van der Waals surface area contributed by atoms with Gasteiger partial charge in [0.25, 0.3) is 0 Å². The van der Waals surface area contributed by atoms with Crippen molar-refractivity contribution in [1.29, 1.82) is 0 Å². The molecule has 0 saturated carbocycles. The number of hydrogen-bond donors (Lipinski definition) is 1. The molecule has 0 aliphatic carbocycles. The predicted octanol–water partition coefficient (Wildman–Crippen LogP) is 1.72. The fourth-order valence-corrected chi connectivity index (χ4v) is 1.44. The van der Waals surface area contributed by atoms with E-state index >= 15 is 0 Å². The van der Waals surface area contributed by atoms with Gasteiger partial charge in [0.15, 0.2) is 11.9 Å². The molecule has 0 aromatic carbocycles. The summed E-state index contributed by atoms with van der Waals surface area (Å²) in [4.78, 5) is 10.8. The van der Waals surface area contributed by atoms with Crippen molar-refractivity contribution in [1.82, 2.24) is 9.78 Å². The fourth-order valence-electron chi connectivity index (χ4n) is 1.44. The number of rotatable bonds is 8. The standard InChI is InChI=1S/C12H20N2O4/c1-4-17-11(12(15)16)5-6-18-10-7-13-14(8-10)9(2)3/h7-9,11H,4-6H2,1-3H3,(H,15,16). The third-order valence-electron chi connectivity index (χ3n) is 2.40. The average molecular weight is 256 g/mol. The quantitative estimate of drug-likeness (QED) is 0.766. The molecule has 0 fully saturated rings. The molecule has 1 unspecified atom stereocenters. The number of ether oxygens (including phenoxy) is 2. The summed E-state index contributed by atoms with van der Waals surface area (Å²) in [6.07, 6.45) is 2.92. The maximum atomic E-state index is 10.8. The van der Waals surface area contributed by atoms with E-state index < -0.39 is 12.1 Å². The number of carboxylic acids is 1. The van der Waals surface area contributed by atoms with Gasteiger partial charge in [-0.15, -0.1) is 0 Å². The van der Waals surface area contributed by atoms with E-state index in [4.69, 9.17) is 14.6 Å². The minimum Gasteiger partial charge on any atom is -0.490 e. The van der Waals surface area contributed by atoms with Crippen molar-refractivity contribution in [2.24, 2.45) is 0 Å². The molecule has 0 bridgehead atoms. The van der Waals surface area contributed by atoms with Crippen LogP contribution in [0.2, 0.25) is 0 Å². The lowest BCUT2D eigenvalue weighted by molar-refractivity contribution is -0.150. The Morgan fingerprint density at radius 3 is 2.78 bits per heavy atom. The van der Waals surface area contributed by atoms with Gasteiger partial charge in [-0.25, -0.2) is 4.79 Å². The molecule has 6 heteroatoms. The fraction of sp³-hybridized carbons (Fsp3) is 0.667. The van der Waals surface area contributed by atoms with Gasteiger partial charge >= 0.3 is 5.97 Å². The lowest BCUT2D eigenvalue weighted by atomic mass is 10.2. The van der Waals surface area contributed by atoms with Gasteiger partial charge in [-0.05, 0) is 20.8 Å². The van der Waals surface area contributed by atoms with Crippen molar-refractivity contribution < 1.29 is 19.4 Å². The van der Waals surface area contributed by atoms with E-state index in [-0.39, 0.29) is 6.04 Å². The predicted molar refractivity (Wildman–Crippen MR) is 65.8 cm³/mol. The van der Waals surface area contributed by atoms with E-state index in [1.165, 1.54) is 0 Å². The third-order valence-corrected chi connectivity index (χ3v) is 2.40. The molecule has 1 N–H and O–H groups in total. The van der Waals surface area contributed by atoms with Crippen LogP contribution in [0.3, 0.4) is 0 Å². The number of nitrogens with zero attached hydrogens (tertiary/aromatic N) is 2. The molecule has 0 spiro atoms. The van der Waals surface area contributed by atoms with Crippen molar-refractivity contribution in [3.63, 3.8) is 0 Å². The largest absolute Gasteiger partial charge is 0.490 e. The summed E-state index contributed by atoms with van der Waals surface area (Å²) in [6, 6.07) is 0.276. The normalized spacial score (nSPS) is 12.7. The maximum absolute atomic E-state index is 10.8. The van der Waals surface area contributed by atoms with E-state index in [1.807, 2.05) is 13.8 Å². The summed E-state index contributed by atoms with van der Waals surface area (Å²) in [5, 5.41) is 13.0. The van der Waals surface area contributed by atoms with Gasteiger partial charge < -0.3 is 14.6 Å². The number of carbonyl (C=O) groups is 1. The topological polar surface area (TPSA) is 73.6 Å². The Labute approximate surface area is 107 Å². The Morgan fingerprint density at radius 2 is 2.28 bits per heavy atom. The highest BCUT2D eigenvalue weighted by Gasteiger charge is 2.17. The van der Waals surface area contributed by atoms with Crippen LogP contribution in [-0.4, -0.2) is 40.2 Å². The van der Waals surface area contributed by atoms with Gasteiger partial charge in [0.1, 0.15) is 0 Å². The Balaban J connectivity index is 2.37. The first-order valence-corrected chi connectivity index (χ1v) is 6.06. The lowest BCUT2D eigenvalue weighted by Gasteiger charge is -2.12. The monoisotopic (exact) mass is 256 g/mol. The summed E-state index contributed by atoms with van der Waals surface area (Å²) in [7, 11) is 0. The molecule has 18 heavy (non-hydrogen) atoms. The number of aromatic nitrogens is 2. The molecule has 1 aromatic rings. The Morgan fingerprint density at radius 1 is 1.56 bits per heavy atom. The minimum absolute atomic E-state index is 0.276. The van der Waals surface area contributed by atoms with Gasteiger partial charge in [0.05, 0.1) is 19.0 Å². The van der Waals surface area contributed by atoms with Crippen molar-refractivity contribution in [2.45, 2.75) is 39.3 Å². The Kier molecular flexibility index (Phi) is 5.64. The van der Waals surface area contributed by atoms with Crippen LogP contribution in [0.25, 0.3) is 0 Å². The Bertz CT molecular complexity index is 376. The van der Waals surface area contributed by atoms with E-state index in [1.54, 1.807) is 24.0 Å². The zero-order valence-corrected chi connectivity index (χ0v) is 11.0. The molecule has 0 radical (unpaired) electrons. The molecule has 1 heterocycles. The van der Waals surface area contributed by atoms with Crippen LogP contribution in [0, 0.1) is 0 Å². The number of hydrogen-bond acceptors (Lipinski definition) is 4. The summed E-state index contributed by atoms with van der Waals surface area (Å²) in [5.74, 6) is -0.317. The summed E-state index contributed by atoms with van der Waals surface area (Å²) >= 11 is 0. The number of aliphatic carboxylic acids is 1.